The predicted molar refractivity (Wildman–Crippen MR) is 70.6 cm³/mol. The van der Waals surface area contributed by atoms with E-state index in [1.165, 1.54) is 6.07 Å². The summed E-state index contributed by atoms with van der Waals surface area (Å²) >= 11 is 0. The predicted octanol–water partition coefficient (Wildman–Crippen LogP) is 2.19. The molecular formula is C14H17FN2O2. The van der Waals surface area contributed by atoms with Crippen LogP contribution in [-0.2, 0) is 4.79 Å². The second kappa shape index (κ2) is 4.49. The van der Waals surface area contributed by atoms with Crippen LogP contribution < -0.4 is 10.2 Å². The number of anilines is 2. The minimum Gasteiger partial charge on any atom is -0.378 e. The van der Waals surface area contributed by atoms with Crippen LogP contribution in [0.4, 0.5) is 15.8 Å². The number of nitrogens with zero attached hydrogens (tertiary/aromatic N) is 1. The lowest BCUT2D eigenvalue weighted by atomic mass is 10.1. The zero-order valence-corrected chi connectivity index (χ0v) is 10.8. The number of aliphatic hydroxyl groups excluding tert-OH is 1. The van der Waals surface area contributed by atoms with E-state index in [1.54, 1.807) is 6.07 Å². The van der Waals surface area contributed by atoms with Crippen LogP contribution in [0, 0.1) is 5.82 Å². The summed E-state index contributed by atoms with van der Waals surface area (Å²) in [6.07, 6.45) is 1.87. The molecule has 1 amide bonds. The van der Waals surface area contributed by atoms with Crippen LogP contribution in [0.15, 0.2) is 12.1 Å². The first-order chi connectivity index (χ1) is 9.11. The van der Waals surface area contributed by atoms with Gasteiger partial charge < -0.3 is 15.3 Å². The minimum absolute atomic E-state index is 0.332. The molecule has 1 fully saturated rings. The third-order valence-corrected chi connectivity index (χ3v) is 3.68. The van der Waals surface area contributed by atoms with Crippen LogP contribution in [0.3, 0.4) is 0 Å². The van der Waals surface area contributed by atoms with Crippen LogP contribution in [-0.4, -0.2) is 23.6 Å². The van der Waals surface area contributed by atoms with E-state index < -0.39 is 12.0 Å². The van der Waals surface area contributed by atoms with Gasteiger partial charge in [-0.05, 0) is 31.4 Å². The number of hydrogen-bond donors (Lipinski definition) is 2. The zero-order valence-electron chi connectivity index (χ0n) is 10.8. The molecular weight excluding hydrogens is 247 g/mol. The first-order valence-electron chi connectivity index (χ1n) is 6.70. The average Bonchev–Trinajstić information content (AvgIpc) is 3.17. The second-order valence-electron chi connectivity index (χ2n) is 5.21. The monoisotopic (exact) mass is 264 g/mol. The third-order valence-electron chi connectivity index (χ3n) is 3.68. The molecule has 2 aliphatic rings. The topological polar surface area (TPSA) is 52.6 Å². The number of halogens is 1. The standard InChI is InChI=1S/C14H17FN2O2/c1-2-5-17(8-3-4-8)12-7-11-9(6-10(12)15)13(18)14(19)16-11/h6-8,13,18H,2-5H2,1H3,(H,16,19). The van der Waals surface area contributed by atoms with Crippen molar-refractivity contribution < 1.29 is 14.3 Å². The Morgan fingerprint density at radius 1 is 1.47 bits per heavy atom. The SMILES string of the molecule is CCCN(c1cc2c(cc1F)C(O)C(=O)N2)C1CC1. The molecule has 3 rings (SSSR count). The summed E-state index contributed by atoms with van der Waals surface area (Å²) in [6.45, 7) is 2.86. The number of aliphatic hydroxyl groups is 1. The molecule has 1 aliphatic heterocycles. The smallest absolute Gasteiger partial charge is 0.257 e. The van der Waals surface area contributed by atoms with Gasteiger partial charge in [-0.15, -0.1) is 0 Å². The highest BCUT2D eigenvalue weighted by molar-refractivity contribution is 6.02. The van der Waals surface area contributed by atoms with Crippen LogP contribution in [0.2, 0.25) is 0 Å². The Bertz CT molecular complexity index is 528. The quantitative estimate of drug-likeness (QED) is 0.876. The maximum atomic E-state index is 14.2. The summed E-state index contributed by atoms with van der Waals surface area (Å²) in [4.78, 5) is 13.5. The van der Waals surface area contributed by atoms with E-state index in [0.717, 1.165) is 25.8 Å². The van der Waals surface area contributed by atoms with E-state index in [2.05, 4.69) is 17.1 Å². The van der Waals surface area contributed by atoms with Gasteiger partial charge in [-0.2, -0.15) is 0 Å². The van der Waals surface area contributed by atoms with E-state index in [1.807, 2.05) is 0 Å². The summed E-state index contributed by atoms with van der Waals surface area (Å²) in [7, 11) is 0. The largest absolute Gasteiger partial charge is 0.378 e. The zero-order chi connectivity index (χ0) is 13.6. The molecule has 0 aromatic heterocycles. The Morgan fingerprint density at radius 2 is 2.21 bits per heavy atom. The first kappa shape index (κ1) is 12.4. The number of rotatable bonds is 4. The van der Waals surface area contributed by atoms with Gasteiger partial charge in [0, 0.05) is 23.8 Å². The van der Waals surface area contributed by atoms with Gasteiger partial charge in [0.25, 0.3) is 5.91 Å². The Morgan fingerprint density at radius 3 is 2.84 bits per heavy atom. The molecule has 5 heteroatoms. The van der Waals surface area contributed by atoms with Gasteiger partial charge >= 0.3 is 0 Å². The van der Waals surface area contributed by atoms with E-state index in [4.69, 9.17) is 0 Å². The van der Waals surface area contributed by atoms with E-state index in [9.17, 15) is 14.3 Å². The summed E-state index contributed by atoms with van der Waals surface area (Å²) in [5.74, 6) is -0.852. The van der Waals surface area contributed by atoms with Crippen LogP contribution in [0.25, 0.3) is 0 Å². The Labute approximate surface area is 111 Å². The summed E-state index contributed by atoms with van der Waals surface area (Å²) in [5.41, 5.74) is 1.38. The summed E-state index contributed by atoms with van der Waals surface area (Å²) in [5, 5.41) is 12.2. The normalized spacial score (nSPS) is 21.2. The minimum atomic E-state index is -1.25. The van der Waals surface area contributed by atoms with Crippen molar-refractivity contribution in [2.75, 3.05) is 16.8 Å². The van der Waals surface area contributed by atoms with Crippen LogP contribution in [0.1, 0.15) is 37.9 Å². The molecule has 1 aliphatic carbocycles. The lowest BCUT2D eigenvalue weighted by Crippen LogP contribution is -2.27. The van der Waals surface area contributed by atoms with Gasteiger partial charge in [0.2, 0.25) is 0 Å². The molecule has 0 saturated heterocycles. The van der Waals surface area contributed by atoms with Gasteiger partial charge in [-0.1, -0.05) is 6.92 Å². The van der Waals surface area contributed by atoms with Gasteiger partial charge in [-0.25, -0.2) is 4.39 Å². The highest BCUT2D eigenvalue weighted by Gasteiger charge is 2.34. The molecule has 0 spiro atoms. The number of fused-ring (bicyclic) bond motifs is 1. The van der Waals surface area contributed by atoms with Crippen molar-refractivity contribution in [3.63, 3.8) is 0 Å². The van der Waals surface area contributed by atoms with E-state index in [0.29, 0.717) is 23.0 Å². The molecule has 102 valence electrons. The Hall–Kier alpha value is -1.62. The van der Waals surface area contributed by atoms with Crippen molar-refractivity contribution in [2.24, 2.45) is 0 Å². The van der Waals surface area contributed by atoms with Crippen LogP contribution >= 0.6 is 0 Å². The van der Waals surface area contributed by atoms with Crippen molar-refractivity contribution in [3.05, 3.63) is 23.5 Å². The molecule has 0 bridgehead atoms. The first-order valence-corrected chi connectivity index (χ1v) is 6.70. The number of hydrogen-bond acceptors (Lipinski definition) is 3. The van der Waals surface area contributed by atoms with Crippen molar-refractivity contribution in [3.8, 4) is 0 Å². The average molecular weight is 264 g/mol. The number of benzene rings is 1. The Kier molecular flexibility index (Phi) is 2.93. The second-order valence-corrected chi connectivity index (χ2v) is 5.21. The number of carbonyl (C=O) groups excluding carboxylic acids is 1. The van der Waals surface area contributed by atoms with E-state index >= 15 is 0 Å². The third kappa shape index (κ3) is 2.08. The molecule has 1 unspecified atom stereocenters. The number of amides is 1. The van der Waals surface area contributed by atoms with Gasteiger partial charge in [-0.3, -0.25) is 4.79 Å². The molecule has 1 saturated carbocycles. The summed E-state index contributed by atoms with van der Waals surface area (Å²) < 4.78 is 14.2. The highest BCUT2D eigenvalue weighted by atomic mass is 19.1. The van der Waals surface area contributed by atoms with E-state index in [-0.39, 0.29) is 5.82 Å². The summed E-state index contributed by atoms with van der Waals surface area (Å²) in [6, 6.07) is 3.33. The highest BCUT2D eigenvalue weighted by Crippen LogP contribution is 2.39. The molecule has 19 heavy (non-hydrogen) atoms. The molecule has 1 heterocycles. The molecule has 1 aromatic rings. The number of carbonyl (C=O) groups is 1. The fourth-order valence-electron chi connectivity index (χ4n) is 2.60. The van der Waals surface area contributed by atoms with Crippen LogP contribution in [0.5, 0.6) is 0 Å². The molecule has 4 nitrogen and oxygen atoms in total. The maximum absolute atomic E-state index is 14.2. The van der Waals surface area contributed by atoms with Gasteiger partial charge in [0.05, 0.1) is 5.69 Å². The van der Waals surface area contributed by atoms with Crippen molar-refractivity contribution in [2.45, 2.75) is 38.3 Å². The lowest BCUT2D eigenvalue weighted by molar-refractivity contribution is -0.123. The van der Waals surface area contributed by atoms with Crippen molar-refractivity contribution >= 4 is 17.3 Å². The maximum Gasteiger partial charge on any atom is 0.257 e. The molecule has 1 aromatic carbocycles. The van der Waals surface area contributed by atoms with Gasteiger partial charge in [0.15, 0.2) is 6.10 Å². The molecule has 2 N–H and O–H groups in total. The molecule has 1 atom stereocenters. The Balaban J connectivity index is 1.99. The fraction of sp³-hybridized carbons (Fsp3) is 0.500. The number of nitrogens with one attached hydrogen (secondary N) is 1. The molecule has 0 radical (unpaired) electrons. The van der Waals surface area contributed by atoms with Gasteiger partial charge in [0.1, 0.15) is 5.82 Å². The fourth-order valence-corrected chi connectivity index (χ4v) is 2.60. The van der Waals surface area contributed by atoms with Crippen molar-refractivity contribution in [1.82, 2.24) is 0 Å². The lowest BCUT2D eigenvalue weighted by Gasteiger charge is -2.25. The van der Waals surface area contributed by atoms with Crippen molar-refractivity contribution in [1.29, 1.82) is 0 Å².